The van der Waals surface area contributed by atoms with Gasteiger partial charge in [-0.05, 0) is 18.8 Å². The van der Waals surface area contributed by atoms with Crippen molar-refractivity contribution >= 4 is 11.7 Å². The average Bonchev–Trinajstić information content (AvgIpc) is 2.36. The van der Waals surface area contributed by atoms with Crippen molar-refractivity contribution in [2.24, 2.45) is 5.92 Å². The number of carbonyl (C=O) groups is 1. The SMILES string of the molecule is CNc1cncc(C(=O)N(C)CC2CC(O)C2)n1. The van der Waals surface area contributed by atoms with Gasteiger partial charge in [0.2, 0.25) is 0 Å². The normalized spacial score (nSPS) is 22.2. The van der Waals surface area contributed by atoms with Crippen LogP contribution in [0.15, 0.2) is 12.4 Å². The molecule has 1 aliphatic carbocycles. The highest BCUT2D eigenvalue weighted by atomic mass is 16.3. The Balaban J connectivity index is 1.96. The van der Waals surface area contributed by atoms with Crippen LogP contribution < -0.4 is 5.32 Å². The summed E-state index contributed by atoms with van der Waals surface area (Å²) in [6, 6.07) is 0. The van der Waals surface area contributed by atoms with Crippen molar-refractivity contribution in [3.8, 4) is 0 Å². The molecule has 0 aromatic carbocycles. The fourth-order valence-electron chi connectivity index (χ4n) is 2.10. The predicted molar refractivity (Wildman–Crippen MR) is 67.3 cm³/mol. The van der Waals surface area contributed by atoms with E-state index < -0.39 is 0 Å². The van der Waals surface area contributed by atoms with E-state index in [0.717, 1.165) is 12.8 Å². The Bertz CT molecular complexity index is 432. The van der Waals surface area contributed by atoms with Gasteiger partial charge in [-0.2, -0.15) is 0 Å². The first-order chi connectivity index (χ1) is 8.60. The summed E-state index contributed by atoms with van der Waals surface area (Å²) in [6.45, 7) is 0.654. The fraction of sp³-hybridized carbons (Fsp3) is 0.583. The molecule has 2 rings (SSSR count). The number of hydrogen-bond donors (Lipinski definition) is 2. The van der Waals surface area contributed by atoms with Crippen LogP contribution in [0.4, 0.5) is 5.82 Å². The zero-order valence-corrected chi connectivity index (χ0v) is 10.6. The van der Waals surface area contributed by atoms with Crippen LogP contribution in [-0.2, 0) is 0 Å². The first-order valence-electron chi connectivity index (χ1n) is 6.03. The van der Waals surface area contributed by atoms with E-state index in [0.29, 0.717) is 24.0 Å². The molecule has 98 valence electrons. The van der Waals surface area contributed by atoms with Crippen molar-refractivity contribution in [1.29, 1.82) is 0 Å². The van der Waals surface area contributed by atoms with Crippen molar-refractivity contribution < 1.29 is 9.90 Å². The lowest BCUT2D eigenvalue weighted by molar-refractivity contribution is 0.0264. The van der Waals surface area contributed by atoms with Gasteiger partial charge >= 0.3 is 0 Å². The summed E-state index contributed by atoms with van der Waals surface area (Å²) in [5.74, 6) is 0.837. The molecule has 1 aliphatic rings. The van der Waals surface area contributed by atoms with E-state index in [9.17, 15) is 9.90 Å². The maximum Gasteiger partial charge on any atom is 0.273 e. The van der Waals surface area contributed by atoms with E-state index in [2.05, 4.69) is 15.3 Å². The van der Waals surface area contributed by atoms with Gasteiger partial charge in [0.15, 0.2) is 0 Å². The van der Waals surface area contributed by atoms with E-state index in [-0.39, 0.29) is 12.0 Å². The number of amides is 1. The minimum atomic E-state index is -0.189. The zero-order chi connectivity index (χ0) is 13.1. The fourth-order valence-corrected chi connectivity index (χ4v) is 2.10. The lowest BCUT2D eigenvalue weighted by Gasteiger charge is -2.34. The summed E-state index contributed by atoms with van der Waals surface area (Å²) in [5.41, 5.74) is 0.337. The van der Waals surface area contributed by atoms with Gasteiger partial charge in [0, 0.05) is 20.6 Å². The number of anilines is 1. The molecule has 1 amide bonds. The van der Waals surface area contributed by atoms with Crippen molar-refractivity contribution in [1.82, 2.24) is 14.9 Å². The molecule has 6 nitrogen and oxygen atoms in total. The number of rotatable bonds is 4. The molecule has 6 heteroatoms. The van der Waals surface area contributed by atoms with Gasteiger partial charge in [0.25, 0.3) is 5.91 Å². The Morgan fingerprint density at radius 2 is 2.28 bits per heavy atom. The van der Waals surface area contributed by atoms with Crippen LogP contribution in [0.1, 0.15) is 23.3 Å². The van der Waals surface area contributed by atoms with Gasteiger partial charge in [0.1, 0.15) is 11.5 Å². The van der Waals surface area contributed by atoms with E-state index in [1.54, 1.807) is 25.2 Å². The Labute approximate surface area is 106 Å². The summed E-state index contributed by atoms with van der Waals surface area (Å²) in [5, 5.41) is 12.1. The van der Waals surface area contributed by atoms with Crippen LogP contribution in [0.5, 0.6) is 0 Å². The highest BCUT2D eigenvalue weighted by Crippen LogP contribution is 2.27. The maximum absolute atomic E-state index is 12.1. The molecule has 1 saturated carbocycles. The lowest BCUT2D eigenvalue weighted by Crippen LogP contribution is -2.39. The molecule has 0 saturated heterocycles. The molecule has 0 spiro atoms. The Kier molecular flexibility index (Phi) is 3.76. The summed E-state index contributed by atoms with van der Waals surface area (Å²) in [6.07, 6.45) is 4.40. The number of aliphatic hydroxyl groups excluding tert-OH is 1. The van der Waals surface area contributed by atoms with Crippen molar-refractivity contribution in [2.45, 2.75) is 18.9 Å². The molecule has 1 aromatic rings. The molecule has 0 aliphatic heterocycles. The Morgan fingerprint density at radius 1 is 1.56 bits per heavy atom. The van der Waals surface area contributed by atoms with Gasteiger partial charge < -0.3 is 15.3 Å². The van der Waals surface area contributed by atoms with Gasteiger partial charge in [-0.25, -0.2) is 4.98 Å². The zero-order valence-electron chi connectivity index (χ0n) is 10.6. The van der Waals surface area contributed by atoms with E-state index in [4.69, 9.17) is 0 Å². The smallest absolute Gasteiger partial charge is 0.273 e. The Morgan fingerprint density at radius 3 is 2.89 bits per heavy atom. The second-order valence-electron chi connectivity index (χ2n) is 4.72. The van der Waals surface area contributed by atoms with Gasteiger partial charge in [-0.1, -0.05) is 0 Å². The first kappa shape index (κ1) is 12.8. The molecule has 0 atom stereocenters. The van der Waals surface area contributed by atoms with Crippen molar-refractivity contribution in [3.05, 3.63) is 18.1 Å². The third-order valence-electron chi connectivity index (χ3n) is 3.20. The summed E-state index contributed by atoms with van der Waals surface area (Å²) in [7, 11) is 3.48. The topological polar surface area (TPSA) is 78.4 Å². The summed E-state index contributed by atoms with van der Waals surface area (Å²) < 4.78 is 0. The summed E-state index contributed by atoms with van der Waals surface area (Å²) >= 11 is 0. The Hall–Kier alpha value is -1.69. The van der Waals surface area contributed by atoms with Crippen LogP contribution >= 0.6 is 0 Å². The van der Waals surface area contributed by atoms with Crippen molar-refractivity contribution in [3.63, 3.8) is 0 Å². The highest BCUT2D eigenvalue weighted by molar-refractivity contribution is 5.92. The molecule has 0 bridgehead atoms. The average molecular weight is 250 g/mol. The number of hydrogen-bond acceptors (Lipinski definition) is 5. The number of aliphatic hydroxyl groups is 1. The number of nitrogens with zero attached hydrogens (tertiary/aromatic N) is 3. The monoisotopic (exact) mass is 250 g/mol. The van der Waals surface area contributed by atoms with Crippen LogP contribution in [0, 0.1) is 5.92 Å². The number of aromatic nitrogens is 2. The quantitative estimate of drug-likeness (QED) is 0.806. The molecular formula is C12H18N4O2. The van der Waals surface area contributed by atoms with Crippen molar-refractivity contribution in [2.75, 3.05) is 26.0 Å². The second-order valence-corrected chi connectivity index (χ2v) is 4.72. The third kappa shape index (κ3) is 2.76. The third-order valence-corrected chi connectivity index (χ3v) is 3.20. The van der Waals surface area contributed by atoms with E-state index in [1.165, 1.54) is 6.20 Å². The molecule has 0 unspecified atom stereocenters. The van der Waals surface area contributed by atoms with Crippen LogP contribution in [0.25, 0.3) is 0 Å². The standard InChI is InChI=1S/C12H18N4O2/c1-13-11-6-14-5-10(15-11)12(18)16(2)7-8-3-9(17)4-8/h5-6,8-9,17H,3-4,7H2,1-2H3,(H,13,15). The van der Waals surface area contributed by atoms with E-state index in [1.807, 2.05) is 0 Å². The molecule has 0 radical (unpaired) electrons. The minimum Gasteiger partial charge on any atom is -0.393 e. The van der Waals surface area contributed by atoms with Gasteiger partial charge in [-0.3, -0.25) is 9.78 Å². The molecule has 1 aromatic heterocycles. The van der Waals surface area contributed by atoms with E-state index >= 15 is 0 Å². The van der Waals surface area contributed by atoms with Crippen LogP contribution in [0.3, 0.4) is 0 Å². The minimum absolute atomic E-state index is 0.138. The second kappa shape index (κ2) is 5.30. The number of carbonyl (C=O) groups excluding carboxylic acids is 1. The molecule has 18 heavy (non-hydrogen) atoms. The predicted octanol–water partition coefficient (Wildman–Crippen LogP) is 0.361. The van der Waals surface area contributed by atoms with Gasteiger partial charge in [0.05, 0.1) is 18.5 Å². The van der Waals surface area contributed by atoms with Gasteiger partial charge in [-0.15, -0.1) is 0 Å². The first-order valence-corrected chi connectivity index (χ1v) is 6.03. The molecule has 1 fully saturated rings. The molecule has 2 N–H and O–H groups in total. The summed E-state index contributed by atoms with van der Waals surface area (Å²) in [4.78, 5) is 21.9. The molecule has 1 heterocycles. The van der Waals surface area contributed by atoms with Crippen LogP contribution in [0.2, 0.25) is 0 Å². The maximum atomic E-state index is 12.1. The lowest BCUT2D eigenvalue weighted by atomic mass is 9.82. The van der Waals surface area contributed by atoms with Crippen LogP contribution in [-0.4, -0.2) is 52.6 Å². The molecular weight excluding hydrogens is 232 g/mol. The highest BCUT2D eigenvalue weighted by Gasteiger charge is 2.29. The number of nitrogens with one attached hydrogen (secondary N) is 1. The largest absolute Gasteiger partial charge is 0.393 e.